The van der Waals surface area contributed by atoms with Crippen molar-refractivity contribution >= 4 is 5.69 Å². The molecule has 0 atom stereocenters. The van der Waals surface area contributed by atoms with E-state index in [0.29, 0.717) is 0 Å². The monoisotopic (exact) mass is 190 g/mol. The Morgan fingerprint density at radius 1 is 1.21 bits per heavy atom. The minimum absolute atomic E-state index is 1.02. The largest absolute Gasteiger partial charge is 0.378 e. The van der Waals surface area contributed by atoms with Crippen molar-refractivity contribution in [1.82, 2.24) is 5.32 Å². The van der Waals surface area contributed by atoms with Crippen molar-refractivity contribution in [3.05, 3.63) is 29.3 Å². The van der Waals surface area contributed by atoms with Crippen molar-refractivity contribution < 1.29 is 0 Å². The van der Waals surface area contributed by atoms with Gasteiger partial charge in [0.1, 0.15) is 0 Å². The standard InChI is InChI=1S/C12H18N2/c1-14(2)12-6-5-10-4-3-7-13-9-11(10)8-12/h5-6,8,13H,3-4,7,9H2,1-2H3. The molecule has 0 unspecified atom stereocenters. The fraction of sp³-hybridized carbons (Fsp3) is 0.500. The van der Waals surface area contributed by atoms with Gasteiger partial charge in [-0.15, -0.1) is 0 Å². The van der Waals surface area contributed by atoms with Gasteiger partial charge in [0.05, 0.1) is 0 Å². The highest BCUT2D eigenvalue weighted by Gasteiger charge is 2.08. The van der Waals surface area contributed by atoms with Crippen LogP contribution in [0, 0.1) is 0 Å². The molecule has 1 heterocycles. The van der Waals surface area contributed by atoms with Crippen molar-refractivity contribution in [2.24, 2.45) is 0 Å². The average molecular weight is 190 g/mol. The van der Waals surface area contributed by atoms with Gasteiger partial charge >= 0.3 is 0 Å². The first-order valence-corrected chi connectivity index (χ1v) is 5.27. The Kier molecular flexibility index (Phi) is 2.73. The molecular formula is C12H18N2. The summed E-state index contributed by atoms with van der Waals surface area (Å²) in [6, 6.07) is 6.79. The molecule has 0 saturated heterocycles. The lowest BCUT2D eigenvalue weighted by Crippen LogP contribution is -2.13. The molecule has 2 heteroatoms. The molecular weight excluding hydrogens is 172 g/mol. The second kappa shape index (κ2) is 4.01. The van der Waals surface area contributed by atoms with Crippen LogP contribution in [0.15, 0.2) is 18.2 Å². The van der Waals surface area contributed by atoms with E-state index in [1.807, 2.05) is 0 Å². The first kappa shape index (κ1) is 9.53. The number of fused-ring (bicyclic) bond motifs is 1. The fourth-order valence-corrected chi connectivity index (χ4v) is 1.93. The topological polar surface area (TPSA) is 15.3 Å². The van der Waals surface area contributed by atoms with E-state index < -0.39 is 0 Å². The molecule has 0 bridgehead atoms. The number of nitrogens with zero attached hydrogens (tertiary/aromatic N) is 1. The number of hydrogen-bond acceptors (Lipinski definition) is 2. The molecule has 0 fully saturated rings. The number of rotatable bonds is 1. The summed E-state index contributed by atoms with van der Waals surface area (Å²) < 4.78 is 0. The maximum Gasteiger partial charge on any atom is 0.0364 e. The lowest BCUT2D eigenvalue weighted by atomic mass is 10.0. The molecule has 1 N–H and O–H groups in total. The summed E-state index contributed by atoms with van der Waals surface area (Å²) >= 11 is 0. The zero-order chi connectivity index (χ0) is 9.97. The van der Waals surface area contributed by atoms with Crippen LogP contribution in [-0.4, -0.2) is 20.6 Å². The zero-order valence-electron chi connectivity index (χ0n) is 9.01. The smallest absolute Gasteiger partial charge is 0.0364 e. The third kappa shape index (κ3) is 1.90. The molecule has 0 aromatic heterocycles. The van der Waals surface area contributed by atoms with Gasteiger partial charge in [0.25, 0.3) is 0 Å². The van der Waals surface area contributed by atoms with E-state index in [2.05, 4.69) is 42.5 Å². The second-order valence-electron chi connectivity index (χ2n) is 4.13. The van der Waals surface area contributed by atoms with E-state index in [4.69, 9.17) is 0 Å². The first-order chi connectivity index (χ1) is 6.77. The van der Waals surface area contributed by atoms with Crippen molar-refractivity contribution in [3.63, 3.8) is 0 Å². The Bertz CT molecular complexity index is 318. The van der Waals surface area contributed by atoms with E-state index in [-0.39, 0.29) is 0 Å². The Morgan fingerprint density at radius 3 is 2.86 bits per heavy atom. The van der Waals surface area contributed by atoms with Gasteiger partial charge < -0.3 is 10.2 Å². The highest BCUT2D eigenvalue weighted by Crippen LogP contribution is 2.20. The number of hydrogen-bond donors (Lipinski definition) is 1. The highest BCUT2D eigenvalue weighted by molar-refractivity contribution is 5.50. The second-order valence-corrected chi connectivity index (χ2v) is 4.13. The summed E-state index contributed by atoms with van der Waals surface area (Å²) in [6.07, 6.45) is 2.48. The molecule has 1 aromatic carbocycles. The number of anilines is 1. The fourth-order valence-electron chi connectivity index (χ4n) is 1.93. The molecule has 1 aliphatic heterocycles. The Morgan fingerprint density at radius 2 is 2.07 bits per heavy atom. The van der Waals surface area contributed by atoms with Crippen LogP contribution in [0.25, 0.3) is 0 Å². The molecule has 0 spiro atoms. The molecule has 0 aliphatic carbocycles. The SMILES string of the molecule is CN(C)c1ccc2c(c1)CNCCC2. The minimum atomic E-state index is 1.02. The van der Waals surface area contributed by atoms with Gasteiger partial charge in [0.2, 0.25) is 0 Å². The van der Waals surface area contributed by atoms with Gasteiger partial charge in [-0.2, -0.15) is 0 Å². The van der Waals surface area contributed by atoms with Gasteiger partial charge in [0.15, 0.2) is 0 Å². The molecule has 1 aromatic rings. The van der Waals surface area contributed by atoms with Crippen molar-refractivity contribution in [1.29, 1.82) is 0 Å². The van der Waals surface area contributed by atoms with E-state index >= 15 is 0 Å². The average Bonchev–Trinajstić information content (AvgIpc) is 2.41. The van der Waals surface area contributed by atoms with E-state index in [1.165, 1.54) is 29.7 Å². The van der Waals surface area contributed by atoms with Crippen LogP contribution in [0.4, 0.5) is 5.69 Å². The molecule has 76 valence electrons. The predicted octanol–water partition coefficient (Wildman–Crippen LogP) is 1.79. The lowest BCUT2D eigenvalue weighted by Gasteiger charge is -2.15. The summed E-state index contributed by atoms with van der Waals surface area (Å²) in [5, 5.41) is 3.45. The maximum absolute atomic E-state index is 3.45. The van der Waals surface area contributed by atoms with E-state index in [9.17, 15) is 0 Å². The van der Waals surface area contributed by atoms with Crippen molar-refractivity contribution in [3.8, 4) is 0 Å². The third-order valence-electron chi connectivity index (χ3n) is 2.82. The van der Waals surface area contributed by atoms with Crippen LogP contribution in [0.5, 0.6) is 0 Å². The van der Waals surface area contributed by atoms with E-state index in [1.54, 1.807) is 0 Å². The normalized spacial score (nSPS) is 15.9. The van der Waals surface area contributed by atoms with Crippen molar-refractivity contribution in [2.75, 3.05) is 25.5 Å². The molecule has 1 aliphatic rings. The quantitative estimate of drug-likeness (QED) is 0.726. The maximum atomic E-state index is 3.45. The van der Waals surface area contributed by atoms with Gasteiger partial charge in [0, 0.05) is 26.3 Å². The summed E-state index contributed by atoms with van der Waals surface area (Å²) in [4.78, 5) is 2.16. The highest BCUT2D eigenvalue weighted by atomic mass is 15.1. The number of benzene rings is 1. The zero-order valence-corrected chi connectivity index (χ0v) is 9.01. The molecule has 0 saturated carbocycles. The summed E-state index contributed by atoms with van der Waals surface area (Å²) in [5.74, 6) is 0. The molecule has 14 heavy (non-hydrogen) atoms. The third-order valence-corrected chi connectivity index (χ3v) is 2.82. The number of aryl methyl sites for hydroxylation is 1. The Labute approximate surface area is 85.9 Å². The number of nitrogens with one attached hydrogen (secondary N) is 1. The van der Waals surface area contributed by atoms with Gasteiger partial charge in [-0.05, 0) is 42.6 Å². The van der Waals surface area contributed by atoms with Crippen LogP contribution in [0.2, 0.25) is 0 Å². The van der Waals surface area contributed by atoms with Crippen LogP contribution < -0.4 is 10.2 Å². The van der Waals surface area contributed by atoms with Crippen LogP contribution in [-0.2, 0) is 13.0 Å². The van der Waals surface area contributed by atoms with Gasteiger partial charge in [-0.3, -0.25) is 0 Å². The molecule has 2 rings (SSSR count). The Hall–Kier alpha value is -1.02. The lowest BCUT2D eigenvalue weighted by molar-refractivity contribution is 0.681. The minimum Gasteiger partial charge on any atom is -0.378 e. The summed E-state index contributed by atoms with van der Waals surface area (Å²) in [6.45, 7) is 2.17. The predicted molar refractivity (Wildman–Crippen MR) is 60.8 cm³/mol. The molecule has 2 nitrogen and oxygen atoms in total. The van der Waals surface area contributed by atoms with Gasteiger partial charge in [-0.1, -0.05) is 6.07 Å². The first-order valence-electron chi connectivity index (χ1n) is 5.27. The van der Waals surface area contributed by atoms with Gasteiger partial charge in [-0.25, -0.2) is 0 Å². The molecule has 0 amide bonds. The van der Waals surface area contributed by atoms with Crippen molar-refractivity contribution in [2.45, 2.75) is 19.4 Å². The van der Waals surface area contributed by atoms with Crippen LogP contribution >= 0.6 is 0 Å². The van der Waals surface area contributed by atoms with E-state index in [0.717, 1.165) is 13.1 Å². The van der Waals surface area contributed by atoms with Crippen LogP contribution in [0.1, 0.15) is 17.5 Å². The Balaban J connectivity index is 2.32. The summed E-state index contributed by atoms with van der Waals surface area (Å²) in [5.41, 5.74) is 4.28. The van der Waals surface area contributed by atoms with Crippen LogP contribution in [0.3, 0.4) is 0 Å². The summed E-state index contributed by atoms with van der Waals surface area (Å²) in [7, 11) is 4.18. The molecule has 0 radical (unpaired) electrons.